The Hall–Kier alpha value is -1.81. The quantitative estimate of drug-likeness (QED) is 0.581. The van der Waals surface area contributed by atoms with E-state index in [9.17, 15) is 5.11 Å². The van der Waals surface area contributed by atoms with Gasteiger partial charge in [-0.1, -0.05) is 0 Å². The molecule has 0 amide bonds. The van der Waals surface area contributed by atoms with Gasteiger partial charge in [-0.3, -0.25) is 0 Å². The van der Waals surface area contributed by atoms with Crippen molar-refractivity contribution < 1.29 is 24.1 Å². The maximum absolute atomic E-state index is 9.49. The number of hydrogen-bond donors (Lipinski definition) is 1. The molecule has 1 rings (SSSR count). The molecule has 0 radical (unpaired) electrons. The molecule has 1 atom stereocenters. The molecule has 98 valence electrons. The molecule has 0 saturated carbocycles. The summed E-state index contributed by atoms with van der Waals surface area (Å²) in [6, 6.07) is 6.44. The van der Waals surface area contributed by atoms with Gasteiger partial charge in [0.05, 0.1) is 6.07 Å². The van der Waals surface area contributed by atoms with Crippen molar-refractivity contribution in [2.24, 2.45) is 0 Å². The molecule has 1 N–H and O–H groups in total. The van der Waals surface area contributed by atoms with Gasteiger partial charge < -0.3 is 24.1 Å². The Labute approximate surface area is 105 Å². The summed E-state index contributed by atoms with van der Waals surface area (Å²) in [7, 11) is 2.99. The van der Waals surface area contributed by atoms with Crippen molar-refractivity contribution in [2.45, 2.75) is 6.10 Å². The molecule has 6 nitrogen and oxygen atoms in total. The van der Waals surface area contributed by atoms with E-state index in [0.29, 0.717) is 17.1 Å². The molecule has 0 spiro atoms. The highest BCUT2D eigenvalue weighted by atomic mass is 16.7. The van der Waals surface area contributed by atoms with Crippen LogP contribution < -0.4 is 9.47 Å². The average molecular weight is 253 g/mol. The number of aliphatic hydroxyl groups is 1. The van der Waals surface area contributed by atoms with Gasteiger partial charge in [0.25, 0.3) is 0 Å². The van der Waals surface area contributed by atoms with Crippen LogP contribution in [0.4, 0.5) is 0 Å². The van der Waals surface area contributed by atoms with E-state index in [-0.39, 0.29) is 13.6 Å². The van der Waals surface area contributed by atoms with Crippen LogP contribution in [0.3, 0.4) is 0 Å². The topological polar surface area (TPSA) is 80.9 Å². The number of aliphatic hydroxyl groups excluding tert-OH is 1. The van der Waals surface area contributed by atoms with Crippen LogP contribution in [0.5, 0.6) is 11.5 Å². The van der Waals surface area contributed by atoms with Crippen molar-refractivity contribution >= 4 is 0 Å². The summed E-state index contributed by atoms with van der Waals surface area (Å²) < 4.78 is 20.1. The molecule has 0 heterocycles. The Morgan fingerprint density at radius 2 is 1.61 bits per heavy atom. The van der Waals surface area contributed by atoms with Crippen LogP contribution in [0.1, 0.15) is 11.7 Å². The van der Waals surface area contributed by atoms with E-state index >= 15 is 0 Å². The molecule has 6 heteroatoms. The van der Waals surface area contributed by atoms with Crippen molar-refractivity contribution in [3.05, 3.63) is 23.8 Å². The molecule has 0 saturated heterocycles. The van der Waals surface area contributed by atoms with Crippen molar-refractivity contribution in [3.8, 4) is 17.6 Å². The van der Waals surface area contributed by atoms with Gasteiger partial charge in [0, 0.05) is 25.8 Å². The van der Waals surface area contributed by atoms with Crippen LogP contribution in [0.15, 0.2) is 18.2 Å². The molecule has 0 aromatic heterocycles. The second-order valence-corrected chi connectivity index (χ2v) is 3.37. The first kappa shape index (κ1) is 14.3. The number of ether oxygens (including phenoxy) is 4. The average Bonchev–Trinajstić information content (AvgIpc) is 2.41. The van der Waals surface area contributed by atoms with Crippen LogP contribution in [0.2, 0.25) is 0 Å². The van der Waals surface area contributed by atoms with Crippen molar-refractivity contribution in [3.63, 3.8) is 0 Å². The fourth-order valence-corrected chi connectivity index (χ4v) is 1.25. The first-order chi connectivity index (χ1) is 8.71. The third-order valence-electron chi connectivity index (χ3n) is 2.03. The Kier molecular flexibility index (Phi) is 5.94. The van der Waals surface area contributed by atoms with Crippen molar-refractivity contribution in [2.75, 3.05) is 27.8 Å². The summed E-state index contributed by atoms with van der Waals surface area (Å²) in [5, 5.41) is 18.2. The Balaban J connectivity index is 2.92. The smallest absolute Gasteiger partial charge is 0.188 e. The zero-order valence-electron chi connectivity index (χ0n) is 10.3. The normalized spacial score (nSPS) is 11.7. The minimum atomic E-state index is -1.24. The molecule has 18 heavy (non-hydrogen) atoms. The highest BCUT2D eigenvalue weighted by molar-refractivity contribution is 5.40. The van der Waals surface area contributed by atoms with E-state index in [4.69, 9.17) is 24.2 Å². The summed E-state index contributed by atoms with van der Waals surface area (Å²) >= 11 is 0. The van der Waals surface area contributed by atoms with E-state index in [1.807, 2.05) is 0 Å². The van der Waals surface area contributed by atoms with E-state index in [1.54, 1.807) is 24.3 Å². The summed E-state index contributed by atoms with van der Waals surface area (Å²) in [6.07, 6.45) is -1.24. The predicted octanol–water partition coefficient (Wildman–Crippen LogP) is 1.21. The van der Waals surface area contributed by atoms with Gasteiger partial charge in [-0.15, -0.1) is 0 Å². The number of benzene rings is 1. The minimum absolute atomic E-state index is 0.0653. The molecule has 0 bridgehead atoms. The third-order valence-corrected chi connectivity index (χ3v) is 2.03. The van der Waals surface area contributed by atoms with Crippen molar-refractivity contribution in [1.82, 2.24) is 0 Å². The number of nitriles is 1. The van der Waals surface area contributed by atoms with E-state index in [0.717, 1.165) is 0 Å². The molecule has 0 aliphatic heterocycles. The minimum Gasteiger partial charge on any atom is -0.467 e. The Morgan fingerprint density at radius 3 is 2.00 bits per heavy atom. The lowest BCUT2D eigenvalue weighted by Crippen LogP contribution is -2.04. The highest BCUT2D eigenvalue weighted by Gasteiger charge is 2.10. The summed E-state index contributed by atoms with van der Waals surface area (Å²) in [5.41, 5.74) is 0.386. The van der Waals surface area contributed by atoms with Crippen LogP contribution in [-0.2, 0) is 9.47 Å². The molecule has 0 fully saturated rings. The molecular formula is C12H15NO5. The first-order valence-electron chi connectivity index (χ1n) is 5.17. The lowest BCUT2D eigenvalue weighted by Gasteiger charge is -2.12. The largest absolute Gasteiger partial charge is 0.467 e. The highest BCUT2D eigenvalue weighted by Crippen LogP contribution is 2.26. The van der Waals surface area contributed by atoms with Gasteiger partial charge in [-0.05, 0) is 12.1 Å². The SMILES string of the molecule is COCOc1cc(OCOC)cc([C@@H](O)C#N)c1. The number of nitrogens with zero attached hydrogens (tertiary/aromatic N) is 1. The maximum atomic E-state index is 9.49. The molecule has 0 aliphatic carbocycles. The Bertz CT molecular complexity index is 389. The molecule has 0 aliphatic rings. The first-order valence-corrected chi connectivity index (χ1v) is 5.17. The van der Waals surface area contributed by atoms with Crippen LogP contribution >= 0.6 is 0 Å². The van der Waals surface area contributed by atoms with Crippen LogP contribution in [0.25, 0.3) is 0 Å². The molecule has 1 aromatic carbocycles. The maximum Gasteiger partial charge on any atom is 0.188 e. The van der Waals surface area contributed by atoms with Gasteiger partial charge in [0.15, 0.2) is 19.7 Å². The second kappa shape index (κ2) is 7.50. The monoisotopic (exact) mass is 253 g/mol. The predicted molar refractivity (Wildman–Crippen MR) is 62.0 cm³/mol. The molecular weight excluding hydrogens is 238 g/mol. The molecule has 0 unspecified atom stereocenters. The van der Waals surface area contributed by atoms with Gasteiger partial charge >= 0.3 is 0 Å². The van der Waals surface area contributed by atoms with Gasteiger partial charge in [0.2, 0.25) is 0 Å². The van der Waals surface area contributed by atoms with E-state index in [1.165, 1.54) is 14.2 Å². The van der Waals surface area contributed by atoms with Crippen LogP contribution in [-0.4, -0.2) is 32.9 Å². The van der Waals surface area contributed by atoms with E-state index in [2.05, 4.69) is 0 Å². The fourth-order valence-electron chi connectivity index (χ4n) is 1.25. The van der Waals surface area contributed by atoms with Crippen molar-refractivity contribution in [1.29, 1.82) is 5.26 Å². The second-order valence-electron chi connectivity index (χ2n) is 3.37. The zero-order valence-corrected chi connectivity index (χ0v) is 10.3. The lowest BCUT2D eigenvalue weighted by atomic mass is 10.1. The standard InChI is InChI=1S/C12H15NO5/c1-15-7-17-10-3-9(12(14)6-13)4-11(5-10)18-8-16-2/h3-5,12,14H,7-8H2,1-2H3/t12-/m0/s1. The van der Waals surface area contributed by atoms with Gasteiger partial charge in [-0.25, -0.2) is 0 Å². The fraction of sp³-hybridized carbons (Fsp3) is 0.417. The number of hydrogen-bond acceptors (Lipinski definition) is 6. The summed E-state index contributed by atoms with van der Waals surface area (Å²) in [6.45, 7) is 0.131. The number of methoxy groups -OCH3 is 2. The summed E-state index contributed by atoms with van der Waals surface area (Å²) in [4.78, 5) is 0. The molecule has 1 aromatic rings. The Morgan fingerprint density at radius 1 is 1.11 bits per heavy atom. The summed E-state index contributed by atoms with van der Waals surface area (Å²) in [5.74, 6) is 0.879. The lowest BCUT2D eigenvalue weighted by molar-refractivity contribution is 0.0457. The van der Waals surface area contributed by atoms with Gasteiger partial charge in [0.1, 0.15) is 11.5 Å². The zero-order chi connectivity index (χ0) is 13.4. The third kappa shape index (κ3) is 4.22. The number of rotatable bonds is 7. The van der Waals surface area contributed by atoms with Gasteiger partial charge in [-0.2, -0.15) is 5.26 Å². The van der Waals surface area contributed by atoms with E-state index < -0.39 is 6.10 Å². The van der Waals surface area contributed by atoms with Crippen LogP contribution in [0, 0.1) is 11.3 Å².